The van der Waals surface area contributed by atoms with Crippen LogP contribution in [0.5, 0.6) is 23.0 Å². The second-order valence-electron chi connectivity index (χ2n) is 11.1. The maximum absolute atomic E-state index is 11.4. The van der Waals surface area contributed by atoms with Gasteiger partial charge < -0.3 is 19.3 Å². The van der Waals surface area contributed by atoms with Gasteiger partial charge in [-0.05, 0) is 63.8 Å². The summed E-state index contributed by atoms with van der Waals surface area (Å²) in [5, 5.41) is 29.3. The highest BCUT2D eigenvalue weighted by Gasteiger charge is 2.56. The van der Waals surface area contributed by atoms with E-state index in [0.29, 0.717) is 18.8 Å². The molecule has 0 spiro atoms. The Morgan fingerprint density at radius 3 is 2.48 bits per heavy atom. The number of aromatic hydroxyl groups is 1. The quantitative estimate of drug-likeness (QED) is 0.518. The smallest absolute Gasteiger partial charge is 0.231 e. The number of fused-ring (bicyclic) bond motifs is 9. The van der Waals surface area contributed by atoms with Crippen molar-refractivity contribution in [2.24, 2.45) is 0 Å². The first-order valence-corrected chi connectivity index (χ1v) is 14.0. The molecule has 1 unspecified atom stereocenters. The Kier molecular flexibility index (Phi) is 7.44. The predicted molar refractivity (Wildman–Crippen MR) is 152 cm³/mol. The van der Waals surface area contributed by atoms with Crippen LogP contribution in [0.4, 0.5) is 0 Å². The van der Waals surface area contributed by atoms with Gasteiger partial charge in [0.25, 0.3) is 0 Å². The average molecular weight is 543 g/mol. The largest absolute Gasteiger partial charge is 0.507 e. The number of hydrogen-bond acceptors (Lipinski definition) is 8. The van der Waals surface area contributed by atoms with E-state index >= 15 is 0 Å². The van der Waals surface area contributed by atoms with Gasteiger partial charge in [-0.2, -0.15) is 10.5 Å². The van der Waals surface area contributed by atoms with Crippen molar-refractivity contribution in [1.29, 1.82) is 10.5 Å². The Morgan fingerprint density at radius 1 is 1.12 bits per heavy atom. The van der Waals surface area contributed by atoms with Gasteiger partial charge in [0.1, 0.15) is 24.1 Å². The first kappa shape index (κ1) is 27.8. The minimum absolute atomic E-state index is 0.0127. The summed E-state index contributed by atoms with van der Waals surface area (Å²) in [6, 6.07) is 6.31. The number of aryl methyl sites for hydroxylation is 1. The van der Waals surface area contributed by atoms with E-state index in [0.717, 1.165) is 69.0 Å². The summed E-state index contributed by atoms with van der Waals surface area (Å²) in [6.45, 7) is 14.1. The van der Waals surface area contributed by atoms with E-state index < -0.39 is 0 Å². The van der Waals surface area contributed by atoms with Crippen molar-refractivity contribution in [3.63, 3.8) is 0 Å². The maximum Gasteiger partial charge on any atom is 0.231 e. The zero-order valence-corrected chi connectivity index (χ0v) is 24.2. The van der Waals surface area contributed by atoms with Crippen LogP contribution < -0.4 is 14.2 Å². The van der Waals surface area contributed by atoms with Gasteiger partial charge in [-0.3, -0.25) is 9.80 Å². The Morgan fingerprint density at radius 2 is 1.82 bits per heavy atom. The predicted octanol–water partition coefficient (Wildman–Crippen LogP) is 5.32. The molecule has 8 heteroatoms. The number of nitrogens with zero attached hydrogens (tertiary/aromatic N) is 4. The second kappa shape index (κ2) is 10.7. The molecule has 1 N–H and O–H groups in total. The lowest BCUT2D eigenvalue weighted by Crippen LogP contribution is -2.68. The molecular formula is C32H38N4O4. The summed E-state index contributed by atoms with van der Waals surface area (Å²) in [7, 11) is 2.12. The maximum atomic E-state index is 11.4. The van der Waals surface area contributed by atoms with Crippen LogP contribution in [0.1, 0.15) is 71.3 Å². The number of hydrogen-bond donors (Lipinski definition) is 1. The average Bonchev–Trinajstić information content (AvgIpc) is 3.42. The second-order valence-corrected chi connectivity index (χ2v) is 11.1. The topological polar surface area (TPSA) is 102 Å². The van der Waals surface area contributed by atoms with Gasteiger partial charge in [-0.25, -0.2) is 0 Å². The van der Waals surface area contributed by atoms with Crippen LogP contribution >= 0.6 is 0 Å². The SMILES string of the molecule is C=CCOc1c(C)c2c(c3c1CC1[C@H]4c5c(cc(C)c(C)c5O)C[C@@H]([C@H](C#N)N1[C@H]3CC)N4C)OCO2.CC#N. The molecule has 2 aromatic carbocycles. The zero-order valence-electron chi connectivity index (χ0n) is 24.2. The first-order chi connectivity index (χ1) is 19.2. The number of rotatable bonds is 4. The molecule has 4 aliphatic heterocycles. The summed E-state index contributed by atoms with van der Waals surface area (Å²) in [5.74, 6) is 2.76. The molecule has 8 nitrogen and oxygen atoms in total. The lowest BCUT2D eigenvalue weighted by atomic mass is 9.71. The standard InChI is InChI=1S/C30H35N3O4.C2H3N/c1-7-9-35-28-17(5)29-30(37-14-36-29)25-19(28)12-22-26-24-18(10-15(3)16(4)27(24)34)11-21(32(26)6)23(13-31)33(22)20(25)8-2;1-2-3/h7,10,20-23,26,34H,1,8-9,11-12,14H2,2-6H3;1H3/t20-,21-,22?,23-,26-;/m0./s1. The summed E-state index contributed by atoms with van der Waals surface area (Å²) in [4.78, 5) is 4.76. The molecule has 1 saturated heterocycles. The molecule has 2 bridgehead atoms. The molecule has 0 amide bonds. The highest BCUT2D eigenvalue weighted by atomic mass is 16.7. The van der Waals surface area contributed by atoms with Crippen molar-refractivity contribution >= 4 is 0 Å². The fourth-order valence-corrected chi connectivity index (χ4v) is 7.44. The molecule has 4 aliphatic rings. The molecule has 0 aliphatic carbocycles. The van der Waals surface area contributed by atoms with Crippen LogP contribution in [0.3, 0.4) is 0 Å². The van der Waals surface area contributed by atoms with Crippen molar-refractivity contribution < 1.29 is 19.3 Å². The number of nitriles is 2. The molecule has 0 saturated carbocycles. The lowest BCUT2D eigenvalue weighted by molar-refractivity contribution is -0.0736. The highest BCUT2D eigenvalue weighted by Crippen LogP contribution is 2.58. The van der Waals surface area contributed by atoms with Crippen molar-refractivity contribution in [3.05, 3.63) is 57.7 Å². The Labute approximate surface area is 237 Å². The summed E-state index contributed by atoms with van der Waals surface area (Å²) in [5.41, 5.74) is 7.34. The normalized spacial score (nSPS) is 25.8. The minimum atomic E-state index is -0.293. The number of ether oxygens (including phenoxy) is 3. The number of likely N-dealkylation sites (N-methyl/N-ethyl adjacent to an activating group) is 1. The summed E-state index contributed by atoms with van der Waals surface area (Å²) in [6.07, 6.45) is 3.99. The van der Waals surface area contributed by atoms with Crippen LogP contribution in [0.15, 0.2) is 18.7 Å². The third-order valence-electron chi connectivity index (χ3n) is 9.17. The lowest BCUT2D eigenvalue weighted by Gasteiger charge is -2.60. The zero-order chi connectivity index (χ0) is 28.9. The van der Waals surface area contributed by atoms with E-state index in [9.17, 15) is 10.4 Å². The fourth-order valence-electron chi connectivity index (χ4n) is 7.44. The third-order valence-corrected chi connectivity index (χ3v) is 9.17. The van der Waals surface area contributed by atoms with Gasteiger partial charge in [0, 0.05) is 47.3 Å². The van der Waals surface area contributed by atoms with Gasteiger partial charge >= 0.3 is 0 Å². The number of benzene rings is 2. The Bertz CT molecular complexity index is 1440. The molecule has 6 rings (SSSR count). The summed E-state index contributed by atoms with van der Waals surface area (Å²) >= 11 is 0. The van der Waals surface area contributed by atoms with Crippen molar-refractivity contribution in [2.45, 2.75) is 84.1 Å². The third kappa shape index (κ3) is 3.93. The first-order valence-electron chi connectivity index (χ1n) is 14.0. The van der Waals surface area contributed by atoms with E-state index in [1.807, 2.05) is 13.8 Å². The van der Waals surface area contributed by atoms with Crippen LogP contribution in [0.2, 0.25) is 0 Å². The van der Waals surface area contributed by atoms with Gasteiger partial charge in [-0.15, -0.1) is 0 Å². The molecule has 0 aromatic heterocycles. The summed E-state index contributed by atoms with van der Waals surface area (Å²) < 4.78 is 18.3. The highest BCUT2D eigenvalue weighted by molar-refractivity contribution is 5.66. The number of piperazine rings is 1. The van der Waals surface area contributed by atoms with Crippen LogP contribution in [-0.2, 0) is 12.8 Å². The number of phenolic OH excluding ortho intramolecular Hbond substituents is 1. The Balaban J connectivity index is 0.00000103. The van der Waals surface area contributed by atoms with Crippen molar-refractivity contribution in [3.8, 4) is 35.1 Å². The van der Waals surface area contributed by atoms with Gasteiger partial charge in [0.2, 0.25) is 6.79 Å². The van der Waals surface area contributed by atoms with Gasteiger partial charge in [0.15, 0.2) is 11.5 Å². The molecule has 40 heavy (non-hydrogen) atoms. The molecule has 210 valence electrons. The fraction of sp³-hybridized carbons (Fsp3) is 0.500. The van der Waals surface area contributed by atoms with E-state index in [-0.39, 0.29) is 37.0 Å². The molecular weight excluding hydrogens is 504 g/mol. The van der Waals surface area contributed by atoms with E-state index in [1.54, 1.807) is 12.1 Å². The van der Waals surface area contributed by atoms with Crippen LogP contribution in [0, 0.1) is 43.4 Å². The van der Waals surface area contributed by atoms with Crippen LogP contribution in [0.25, 0.3) is 0 Å². The Hall–Kier alpha value is -3.72. The van der Waals surface area contributed by atoms with Gasteiger partial charge in [0.05, 0.1) is 18.2 Å². The number of phenols is 1. The molecule has 4 heterocycles. The molecule has 1 fully saturated rings. The van der Waals surface area contributed by atoms with Crippen LogP contribution in [-0.4, -0.2) is 53.5 Å². The van der Waals surface area contributed by atoms with Crippen molar-refractivity contribution in [2.75, 3.05) is 20.4 Å². The minimum Gasteiger partial charge on any atom is -0.507 e. The van der Waals surface area contributed by atoms with Gasteiger partial charge in [-0.1, -0.05) is 25.6 Å². The monoisotopic (exact) mass is 542 g/mol. The molecule has 2 aromatic rings. The molecule has 5 atom stereocenters. The van der Waals surface area contributed by atoms with E-state index in [2.05, 4.69) is 49.4 Å². The van der Waals surface area contributed by atoms with E-state index in [1.165, 1.54) is 6.92 Å². The van der Waals surface area contributed by atoms with Crippen molar-refractivity contribution in [1.82, 2.24) is 9.80 Å². The molecule has 0 radical (unpaired) electrons. The van der Waals surface area contributed by atoms with E-state index in [4.69, 9.17) is 19.5 Å².